The lowest BCUT2D eigenvalue weighted by atomic mass is 9.91. The molecular formula is C66H82F6N10O8. The lowest BCUT2D eigenvalue weighted by Gasteiger charge is -2.43. The molecule has 4 fully saturated rings. The molecule has 2 aromatic heterocycles. The lowest BCUT2D eigenvalue weighted by molar-refractivity contribution is -0.122. The predicted octanol–water partition coefficient (Wildman–Crippen LogP) is 5.49. The van der Waals surface area contributed by atoms with E-state index in [-0.39, 0.29) is 97.9 Å². The number of hydrogen-bond acceptors (Lipinski definition) is 14. The van der Waals surface area contributed by atoms with Crippen LogP contribution in [-0.4, -0.2) is 196 Å². The zero-order chi connectivity index (χ0) is 63.8. The van der Waals surface area contributed by atoms with Crippen molar-refractivity contribution >= 4 is 23.2 Å². The van der Waals surface area contributed by atoms with Crippen molar-refractivity contribution in [2.75, 3.05) is 128 Å². The Morgan fingerprint density at radius 2 is 0.944 bits per heavy atom. The third-order valence-electron chi connectivity index (χ3n) is 18.5. The number of morpholine rings is 2. The maximum Gasteiger partial charge on any atom is 0.251 e. The van der Waals surface area contributed by atoms with Gasteiger partial charge in [0.2, 0.25) is 11.8 Å². The van der Waals surface area contributed by atoms with Crippen LogP contribution in [0.25, 0.3) is 0 Å². The molecule has 6 aliphatic heterocycles. The highest BCUT2D eigenvalue weighted by Gasteiger charge is 2.43. The average Bonchev–Trinajstić information content (AvgIpc) is 1.66. The van der Waals surface area contributed by atoms with Gasteiger partial charge in [-0.1, -0.05) is 52.0 Å². The molecule has 486 valence electrons. The molecule has 0 unspecified atom stereocenters. The normalized spacial score (nSPS) is 24.0. The highest BCUT2D eigenvalue weighted by molar-refractivity contribution is 5.98. The number of nitrogens with one attached hydrogen (secondary N) is 4. The smallest absolute Gasteiger partial charge is 0.251 e. The van der Waals surface area contributed by atoms with Gasteiger partial charge in [0.15, 0.2) is 23.3 Å². The van der Waals surface area contributed by atoms with E-state index in [1.165, 1.54) is 24.3 Å². The molecule has 0 saturated carbocycles. The van der Waals surface area contributed by atoms with Crippen molar-refractivity contribution in [2.24, 2.45) is 0 Å². The molecule has 4 N–H and O–H groups in total. The number of aromatic amines is 2. The number of H-pyrrole nitrogens is 2. The summed E-state index contributed by atoms with van der Waals surface area (Å²) in [5.41, 5.74) is 1.82. The SMILES string of the molecule is C[C@@H]1CN(CC(=O)N2CC(C)(C)c3[nH]c(=O)c(Cc4ccc(F)cc4)cc32)[C@@H](CN2CCO[C@H](COCc3c(F)c(F)c(COC[C@@H]4CN(C[C@H]5CN[C@H](C)CN5CC(=O)N5CC(C)(C)c6[nH]c(=O)c(Cc7ccc(F)cc7)cc65)CCO4)c(F)c3F)C2)CN1. The molecule has 0 spiro atoms. The molecule has 6 aliphatic rings. The van der Waals surface area contributed by atoms with Crippen LogP contribution in [0.3, 0.4) is 0 Å². The first kappa shape index (κ1) is 65.2. The number of pyridine rings is 2. The van der Waals surface area contributed by atoms with Crippen molar-refractivity contribution in [1.82, 2.24) is 40.2 Å². The van der Waals surface area contributed by atoms with E-state index in [1.807, 2.05) is 27.7 Å². The van der Waals surface area contributed by atoms with Gasteiger partial charge in [-0.05, 0) is 61.4 Å². The second-order valence-corrected chi connectivity index (χ2v) is 26.6. The summed E-state index contributed by atoms with van der Waals surface area (Å²) in [4.78, 5) is 73.5. The molecule has 18 nitrogen and oxygen atoms in total. The van der Waals surface area contributed by atoms with Crippen LogP contribution in [0.1, 0.15) is 86.3 Å². The molecule has 2 amide bonds. The average molecular weight is 1260 g/mol. The van der Waals surface area contributed by atoms with Gasteiger partial charge in [0.25, 0.3) is 11.1 Å². The molecule has 90 heavy (non-hydrogen) atoms. The number of hydrogen-bond donors (Lipinski definition) is 4. The van der Waals surface area contributed by atoms with Crippen LogP contribution < -0.4 is 31.6 Å². The number of halogens is 6. The summed E-state index contributed by atoms with van der Waals surface area (Å²) >= 11 is 0. The van der Waals surface area contributed by atoms with Gasteiger partial charge in [-0.2, -0.15) is 0 Å². The van der Waals surface area contributed by atoms with E-state index in [0.29, 0.717) is 126 Å². The molecule has 6 atom stereocenters. The number of anilines is 2. The van der Waals surface area contributed by atoms with Gasteiger partial charge < -0.3 is 49.3 Å². The molecule has 5 aromatic rings. The van der Waals surface area contributed by atoms with Crippen molar-refractivity contribution in [1.29, 1.82) is 0 Å². The van der Waals surface area contributed by atoms with Gasteiger partial charge in [-0.25, -0.2) is 26.3 Å². The zero-order valence-electron chi connectivity index (χ0n) is 52.0. The van der Waals surface area contributed by atoms with Gasteiger partial charge >= 0.3 is 0 Å². The Morgan fingerprint density at radius 3 is 1.32 bits per heavy atom. The summed E-state index contributed by atoms with van der Waals surface area (Å²) in [7, 11) is 0. The van der Waals surface area contributed by atoms with E-state index in [4.69, 9.17) is 18.9 Å². The van der Waals surface area contributed by atoms with Gasteiger partial charge in [0.1, 0.15) is 11.6 Å². The topological polar surface area (TPSA) is 180 Å². The molecule has 24 heteroatoms. The van der Waals surface area contributed by atoms with Gasteiger partial charge in [0.05, 0.1) is 87.4 Å². The van der Waals surface area contributed by atoms with Crippen molar-refractivity contribution in [3.63, 3.8) is 0 Å². The van der Waals surface area contributed by atoms with Gasteiger partial charge in [-0.15, -0.1) is 0 Å². The van der Waals surface area contributed by atoms with E-state index in [1.54, 1.807) is 46.2 Å². The van der Waals surface area contributed by atoms with Crippen molar-refractivity contribution in [3.8, 4) is 0 Å². The van der Waals surface area contributed by atoms with E-state index in [9.17, 15) is 28.0 Å². The number of carbonyl (C=O) groups is 2. The van der Waals surface area contributed by atoms with Crippen LogP contribution in [0, 0.1) is 34.9 Å². The maximum absolute atomic E-state index is 15.7. The number of aromatic nitrogens is 2. The molecule has 0 bridgehead atoms. The van der Waals surface area contributed by atoms with E-state index < -0.39 is 70.6 Å². The number of carbonyl (C=O) groups excluding carboxylic acids is 2. The van der Waals surface area contributed by atoms with Crippen molar-refractivity contribution in [3.05, 3.63) is 161 Å². The molecule has 0 aliphatic carbocycles. The second kappa shape index (κ2) is 27.5. The highest BCUT2D eigenvalue weighted by atomic mass is 19.2. The predicted molar refractivity (Wildman–Crippen MR) is 327 cm³/mol. The first-order valence-corrected chi connectivity index (χ1v) is 31.2. The van der Waals surface area contributed by atoms with Crippen LogP contribution in [0.4, 0.5) is 37.7 Å². The molecule has 8 heterocycles. The van der Waals surface area contributed by atoms with Gasteiger partial charge in [0, 0.05) is 149 Å². The summed E-state index contributed by atoms with van der Waals surface area (Å²) < 4.78 is 113. The Bertz CT molecular complexity index is 3280. The van der Waals surface area contributed by atoms with Crippen molar-refractivity contribution < 1.29 is 54.9 Å². The number of benzene rings is 3. The summed E-state index contributed by atoms with van der Waals surface area (Å²) in [6, 6.07) is 15.5. The molecular weight excluding hydrogens is 1170 g/mol. The van der Waals surface area contributed by atoms with Crippen LogP contribution in [-0.2, 0) is 65.4 Å². The Labute approximate surface area is 520 Å². The van der Waals surface area contributed by atoms with E-state index in [2.05, 4.69) is 54.0 Å². The van der Waals surface area contributed by atoms with Crippen molar-refractivity contribution in [2.45, 2.75) is 115 Å². The number of amides is 2. The summed E-state index contributed by atoms with van der Waals surface area (Å²) in [6.45, 7) is 17.4. The minimum absolute atomic E-state index is 0.0833. The standard InChI is InChI=1S/C66H82F6N10O8/c1-39-25-79(31-55(83)81-37-65(3,4)61-53(81)21-43(63(85)75-61)19-41-7-11-45(67)12-8-41)47(23-73-39)27-77-15-17-89-49(29-77)33-87-35-51-57(69)59(71)52(60(72)58(51)70)36-88-34-50-30-78(16-18-90-50)28-48-24-74-40(2)26-80(48)32-56(84)82-38-66(5,6)62-54(82)22-44(64(86)76-62)20-42-9-13-46(68)14-10-42/h7-14,21-22,39-40,47-50,73-74H,15-20,23-38H2,1-6H3,(H,75,85)(H,76,86)/t39-,40-,47-,48-,49+,50+/m1/s1. The highest BCUT2D eigenvalue weighted by Crippen LogP contribution is 2.41. The number of rotatable bonds is 20. The Balaban J connectivity index is 0.648. The number of piperazine rings is 2. The first-order chi connectivity index (χ1) is 43.0. The van der Waals surface area contributed by atoms with Crippen LogP contribution in [0.15, 0.2) is 70.3 Å². The zero-order valence-corrected chi connectivity index (χ0v) is 52.0. The number of nitrogens with zero attached hydrogens (tertiary/aromatic N) is 6. The number of ether oxygens (including phenoxy) is 4. The Hall–Kier alpha value is -6.32. The fourth-order valence-electron chi connectivity index (χ4n) is 13.6. The minimum atomic E-state index is -1.58. The molecule has 3 aromatic carbocycles. The Kier molecular flexibility index (Phi) is 19.9. The fourth-order valence-corrected chi connectivity index (χ4v) is 13.6. The quantitative estimate of drug-likeness (QED) is 0.0568. The second-order valence-electron chi connectivity index (χ2n) is 26.6. The third kappa shape index (κ3) is 14.8. The number of fused-ring (bicyclic) bond motifs is 2. The third-order valence-corrected chi connectivity index (χ3v) is 18.5. The first-order valence-electron chi connectivity index (χ1n) is 31.2. The summed E-state index contributed by atoms with van der Waals surface area (Å²) in [6.07, 6.45) is -0.525. The van der Waals surface area contributed by atoms with Crippen LogP contribution in [0.2, 0.25) is 0 Å². The van der Waals surface area contributed by atoms with E-state index >= 15 is 17.6 Å². The van der Waals surface area contributed by atoms with E-state index in [0.717, 1.165) is 11.1 Å². The Morgan fingerprint density at radius 1 is 0.567 bits per heavy atom. The molecule has 4 saturated heterocycles. The summed E-state index contributed by atoms with van der Waals surface area (Å²) in [5.74, 6) is -7.29. The monoisotopic (exact) mass is 1260 g/mol. The molecule has 0 radical (unpaired) electrons. The van der Waals surface area contributed by atoms with Crippen LogP contribution in [0.5, 0.6) is 0 Å². The lowest BCUT2D eigenvalue weighted by Crippen LogP contribution is -2.61. The fraction of sp³-hybridized carbons (Fsp3) is 0.545. The minimum Gasteiger partial charge on any atom is -0.374 e. The van der Waals surface area contributed by atoms with Crippen LogP contribution >= 0.6 is 0 Å². The summed E-state index contributed by atoms with van der Waals surface area (Å²) in [5, 5.41) is 7.06. The maximum atomic E-state index is 15.7. The largest absolute Gasteiger partial charge is 0.374 e. The molecule has 11 rings (SSSR count). The van der Waals surface area contributed by atoms with Gasteiger partial charge in [-0.3, -0.25) is 38.8 Å².